The molecule has 1 aliphatic rings. The number of aliphatic hydroxyl groups is 2. The van der Waals surface area contributed by atoms with Gasteiger partial charge < -0.3 is 19.7 Å². The number of methoxy groups -OCH3 is 2. The van der Waals surface area contributed by atoms with Gasteiger partial charge in [0.2, 0.25) is 0 Å². The standard InChI is InChI=1S/C24H36O6S/c1-29-16-18-6-3-5-17(13-18)14-19(25)8-9-20-21(23(27)15-22(20)26)10-12-31-11-4-7-24(28)30-2/h3,5-6,13,19-22,25-26H,4,7-12,14-16H2,1-2H3. The van der Waals surface area contributed by atoms with Crippen molar-refractivity contribution in [2.24, 2.45) is 11.8 Å². The van der Waals surface area contributed by atoms with Crippen LogP contribution in [0.4, 0.5) is 0 Å². The quantitative estimate of drug-likeness (QED) is 0.331. The highest BCUT2D eigenvalue weighted by Gasteiger charge is 2.40. The van der Waals surface area contributed by atoms with Gasteiger partial charge in [-0.1, -0.05) is 24.3 Å². The molecule has 4 atom stereocenters. The highest BCUT2D eigenvalue weighted by molar-refractivity contribution is 7.99. The first-order valence-electron chi connectivity index (χ1n) is 11.0. The number of rotatable bonds is 14. The van der Waals surface area contributed by atoms with E-state index in [4.69, 9.17) is 4.74 Å². The summed E-state index contributed by atoms with van der Waals surface area (Å²) in [6.07, 6.45) is 2.77. The minimum Gasteiger partial charge on any atom is -0.469 e. The van der Waals surface area contributed by atoms with Gasteiger partial charge in [-0.05, 0) is 60.7 Å². The maximum atomic E-state index is 12.4. The number of aliphatic hydroxyl groups excluding tert-OH is 2. The van der Waals surface area contributed by atoms with Gasteiger partial charge >= 0.3 is 5.97 Å². The number of benzene rings is 1. The molecule has 0 aromatic heterocycles. The summed E-state index contributed by atoms with van der Waals surface area (Å²) in [5, 5.41) is 20.9. The van der Waals surface area contributed by atoms with E-state index in [1.165, 1.54) is 7.11 Å². The average molecular weight is 453 g/mol. The summed E-state index contributed by atoms with van der Waals surface area (Å²) in [6, 6.07) is 8.00. The first-order chi connectivity index (χ1) is 14.9. The Labute approximate surface area is 189 Å². The second-order valence-corrected chi connectivity index (χ2v) is 9.50. The van der Waals surface area contributed by atoms with Crippen LogP contribution in [-0.2, 0) is 32.1 Å². The molecule has 2 N–H and O–H groups in total. The molecule has 6 nitrogen and oxygen atoms in total. The highest BCUT2D eigenvalue weighted by Crippen LogP contribution is 2.36. The fraction of sp³-hybridized carbons (Fsp3) is 0.667. The van der Waals surface area contributed by atoms with Gasteiger partial charge in [-0.15, -0.1) is 0 Å². The van der Waals surface area contributed by atoms with E-state index in [9.17, 15) is 19.8 Å². The zero-order chi connectivity index (χ0) is 22.6. The van der Waals surface area contributed by atoms with Crippen molar-refractivity contribution in [1.29, 1.82) is 0 Å². The first-order valence-corrected chi connectivity index (χ1v) is 12.2. The normalized spacial score (nSPS) is 21.9. The van der Waals surface area contributed by atoms with Crippen LogP contribution in [0.15, 0.2) is 24.3 Å². The van der Waals surface area contributed by atoms with E-state index >= 15 is 0 Å². The van der Waals surface area contributed by atoms with Gasteiger partial charge in [-0.3, -0.25) is 9.59 Å². The molecule has 1 saturated carbocycles. The van der Waals surface area contributed by atoms with Gasteiger partial charge in [-0.25, -0.2) is 0 Å². The van der Waals surface area contributed by atoms with Crippen molar-refractivity contribution in [2.45, 2.75) is 63.8 Å². The Kier molecular flexibility index (Phi) is 11.6. The molecule has 0 bridgehead atoms. The Bertz CT molecular complexity index is 694. The molecule has 1 aliphatic carbocycles. The predicted molar refractivity (Wildman–Crippen MR) is 122 cm³/mol. The van der Waals surface area contributed by atoms with Crippen LogP contribution in [0, 0.1) is 11.8 Å². The Morgan fingerprint density at radius 1 is 1.23 bits per heavy atom. The SMILES string of the molecule is COCc1cccc(CC(O)CCC2C(O)CC(=O)C2CCSCCCC(=O)OC)c1. The van der Waals surface area contributed by atoms with Crippen LogP contribution in [-0.4, -0.2) is 59.9 Å². The first kappa shape index (κ1) is 25.8. The lowest BCUT2D eigenvalue weighted by atomic mass is 9.86. The van der Waals surface area contributed by atoms with Gasteiger partial charge in [-0.2, -0.15) is 11.8 Å². The predicted octanol–water partition coefficient (Wildman–Crippen LogP) is 3.16. The summed E-state index contributed by atoms with van der Waals surface area (Å²) in [4.78, 5) is 23.5. The molecule has 0 spiro atoms. The van der Waals surface area contributed by atoms with E-state index in [-0.39, 0.29) is 30.0 Å². The molecule has 7 heteroatoms. The highest BCUT2D eigenvalue weighted by atomic mass is 32.2. The van der Waals surface area contributed by atoms with Crippen LogP contribution in [0.3, 0.4) is 0 Å². The molecule has 1 aromatic rings. The van der Waals surface area contributed by atoms with Crippen molar-refractivity contribution in [3.05, 3.63) is 35.4 Å². The van der Waals surface area contributed by atoms with Crippen LogP contribution < -0.4 is 0 Å². The largest absolute Gasteiger partial charge is 0.469 e. The lowest BCUT2D eigenvalue weighted by molar-refractivity contribution is -0.140. The second-order valence-electron chi connectivity index (χ2n) is 8.28. The minimum atomic E-state index is -0.612. The summed E-state index contributed by atoms with van der Waals surface area (Å²) >= 11 is 1.73. The number of ketones is 1. The van der Waals surface area contributed by atoms with Crippen LogP contribution in [0.1, 0.15) is 49.7 Å². The number of hydrogen-bond acceptors (Lipinski definition) is 7. The second kappa shape index (κ2) is 13.9. The monoisotopic (exact) mass is 452 g/mol. The topological polar surface area (TPSA) is 93.1 Å². The number of esters is 1. The van der Waals surface area contributed by atoms with E-state index < -0.39 is 12.2 Å². The number of hydrogen-bond donors (Lipinski definition) is 2. The van der Waals surface area contributed by atoms with E-state index in [1.807, 2.05) is 24.3 Å². The molecule has 31 heavy (non-hydrogen) atoms. The lowest BCUT2D eigenvalue weighted by Gasteiger charge is -2.22. The molecule has 0 amide bonds. The maximum absolute atomic E-state index is 12.4. The minimum absolute atomic E-state index is 0.0855. The molecule has 1 fully saturated rings. The summed E-state index contributed by atoms with van der Waals surface area (Å²) in [5.41, 5.74) is 2.14. The fourth-order valence-electron chi connectivity index (χ4n) is 4.29. The molecule has 0 saturated heterocycles. The molecule has 0 aliphatic heterocycles. The number of Topliss-reactive ketones (excluding diaryl/α,β-unsaturated/α-hetero) is 1. The molecule has 2 rings (SSSR count). The van der Waals surface area contributed by atoms with Gasteiger partial charge in [0.1, 0.15) is 5.78 Å². The Morgan fingerprint density at radius 3 is 2.74 bits per heavy atom. The number of carbonyl (C=O) groups is 2. The Balaban J connectivity index is 1.75. The van der Waals surface area contributed by atoms with Crippen LogP contribution >= 0.6 is 11.8 Å². The molecular formula is C24H36O6S. The molecule has 4 unspecified atom stereocenters. The van der Waals surface area contributed by atoms with Crippen molar-refractivity contribution in [1.82, 2.24) is 0 Å². The number of thioether (sulfide) groups is 1. The Morgan fingerprint density at radius 2 is 2.00 bits per heavy atom. The molecule has 0 heterocycles. The van der Waals surface area contributed by atoms with Gasteiger partial charge in [0.05, 0.1) is 25.9 Å². The fourth-order valence-corrected chi connectivity index (χ4v) is 5.26. The van der Waals surface area contributed by atoms with Crippen molar-refractivity contribution < 1.29 is 29.3 Å². The number of carbonyl (C=O) groups excluding carboxylic acids is 2. The maximum Gasteiger partial charge on any atom is 0.305 e. The zero-order valence-electron chi connectivity index (χ0n) is 18.6. The molecule has 1 aromatic carbocycles. The van der Waals surface area contributed by atoms with E-state index in [2.05, 4.69) is 4.74 Å². The van der Waals surface area contributed by atoms with E-state index in [0.29, 0.717) is 32.3 Å². The average Bonchev–Trinajstić information content (AvgIpc) is 3.01. The third kappa shape index (κ3) is 8.93. The van der Waals surface area contributed by atoms with Crippen LogP contribution in [0.2, 0.25) is 0 Å². The summed E-state index contributed by atoms with van der Waals surface area (Å²) in [5.74, 6) is 1.39. The van der Waals surface area contributed by atoms with Gasteiger partial charge in [0.15, 0.2) is 0 Å². The third-order valence-electron chi connectivity index (χ3n) is 5.91. The van der Waals surface area contributed by atoms with Crippen molar-refractivity contribution in [2.75, 3.05) is 25.7 Å². The Hall–Kier alpha value is -1.41. The smallest absolute Gasteiger partial charge is 0.305 e. The third-order valence-corrected chi connectivity index (χ3v) is 7.01. The molecule has 0 radical (unpaired) electrons. The van der Waals surface area contributed by atoms with Crippen LogP contribution in [0.5, 0.6) is 0 Å². The van der Waals surface area contributed by atoms with Gasteiger partial charge in [0.25, 0.3) is 0 Å². The zero-order valence-corrected chi connectivity index (χ0v) is 19.4. The lowest BCUT2D eigenvalue weighted by Crippen LogP contribution is -2.23. The number of ether oxygens (including phenoxy) is 2. The molecule has 174 valence electrons. The molecular weight excluding hydrogens is 416 g/mol. The van der Waals surface area contributed by atoms with Crippen molar-refractivity contribution in [3.8, 4) is 0 Å². The van der Waals surface area contributed by atoms with Gasteiger partial charge in [0, 0.05) is 25.9 Å². The summed E-state index contributed by atoms with van der Waals surface area (Å²) in [7, 11) is 3.05. The van der Waals surface area contributed by atoms with Crippen molar-refractivity contribution in [3.63, 3.8) is 0 Å². The summed E-state index contributed by atoms with van der Waals surface area (Å²) in [6.45, 7) is 0.544. The summed E-state index contributed by atoms with van der Waals surface area (Å²) < 4.78 is 9.79. The van der Waals surface area contributed by atoms with E-state index in [0.717, 1.165) is 35.5 Å². The van der Waals surface area contributed by atoms with Crippen LogP contribution in [0.25, 0.3) is 0 Å². The van der Waals surface area contributed by atoms with Crippen molar-refractivity contribution >= 4 is 23.5 Å². The van der Waals surface area contributed by atoms with E-state index in [1.54, 1.807) is 18.9 Å².